The Hall–Kier alpha value is -5.04. The van der Waals surface area contributed by atoms with E-state index in [1.54, 1.807) is 42.8 Å². The molecular formula is C28H24N4O8S. The average Bonchev–Trinajstić information content (AvgIpc) is 3.63. The van der Waals surface area contributed by atoms with Crippen LogP contribution in [0.25, 0.3) is 0 Å². The number of nitro benzene ring substituents is 2. The number of thiophene rings is 1. The molecule has 5 rings (SSSR count). The molecule has 13 heteroatoms. The molecule has 1 aliphatic carbocycles. The number of ether oxygens (including phenoxy) is 2. The number of nitrogens with one attached hydrogen (secondary N) is 1. The van der Waals surface area contributed by atoms with Crippen LogP contribution in [0.2, 0.25) is 0 Å². The monoisotopic (exact) mass is 576 g/mol. The zero-order chi connectivity index (χ0) is 28.9. The fraction of sp³-hybridized carbons (Fsp3) is 0.214. The van der Waals surface area contributed by atoms with Gasteiger partial charge in [0.1, 0.15) is 10.8 Å². The first kappa shape index (κ1) is 27.5. The van der Waals surface area contributed by atoms with Gasteiger partial charge in [-0.1, -0.05) is 0 Å². The SMILES string of the molecule is COc1cc(C=Nc2sc3c(c2C(=O)NCc2ccco2)CCCC3)ccc1Oc1ccc([N+](=O)[O-])cc1[N+](=O)[O-]. The van der Waals surface area contributed by atoms with E-state index in [2.05, 4.69) is 10.3 Å². The maximum Gasteiger partial charge on any atom is 0.318 e. The van der Waals surface area contributed by atoms with E-state index in [-0.39, 0.29) is 29.7 Å². The molecule has 0 spiro atoms. The smallest absolute Gasteiger partial charge is 0.318 e. The molecule has 1 aliphatic rings. The summed E-state index contributed by atoms with van der Waals surface area (Å²) in [6.45, 7) is 0.269. The molecule has 2 heterocycles. The number of aryl methyl sites for hydroxylation is 1. The number of carbonyl (C=O) groups excluding carboxylic acids is 1. The summed E-state index contributed by atoms with van der Waals surface area (Å²) in [5.74, 6) is 0.712. The van der Waals surface area contributed by atoms with Crippen molar-refractivity contribution in [3.8, 4) is 17.2 Å². The van der Waals surface area contributed by atoms with Crippen LogP contribution in [-0.4, -0.2) is 29.1 Å². The maximum atomic E-state index is 13.2. The van der Waals surface area contributed by atoms with Crippen molar-refractivity contribution in [2.45, 2.75) is 32.2 Å². The van der Waals surface area contributed by atoms with E-state index in [0.29, 0.717) is 21.9 Å². The van der Waals surface area contributed by atoms with E-state index in [0.717, 1.165) is 48.3 Å². The van der Waals surface area contributed by atoms with Crippen LogP contribution in [0.1, 0.15) is 45.0 Å². The summed E-state index contributed by atoms with van der Waals surface area (Å²) in [6.07, 6.45) is 6.97. The number of carbonyl (C=O) groups is 1. The lowest BCUT2D eigenvalue weighted by molar-refractivity contribution is -0.394. The number of furan rings is 1. The Labute approximate surface area is 237 Å². The van der Waals surface area contributed by atoms with Gasteiger partial charge in [-0.2, -0.15) is 0 Å². The molecule has 1 N–H and O–H groups in total. The number of nitro groups is 2. The number of nitrogens with zero attached hydrogens (tertiary/aromatic N) is 3. The van der Waals surface area contributed by atoms with Gasteiger partial charge in [-0.25, -0.2) is 4.99 Å². The molecule has 2 aromatic carbocycles. The topological polar surface area (TPSA) is 159 Å². The van der Waals surface area contributed by atoms with Gasteiger partial charge in [-0.05, 0) is 73.2 Å². The lowest BCUT2D eigenvalue weighted by Crippen LogP contribution is -2.23. The number of aliphatic imine (C=N–C) groups is 1. The van der Waals surface area contributed by atoms with Gasteiger partial charge in [-0.15, -0.1) is 11.3 Å². The molecule has 0 radical (unpaired) electrons. The first-order chi connectivity index (χ1) is 19.8. The Morgan fingerprint density at radius 3 is 2.61 bits per heavy atom. The minimum atomic E-state index is -0.751. The minimum absolute atomic E-state index is 0.172. The van der Waals surface area contributed by atoms with Crippen LogP contribution >= 0.6 is 11.3 Å². The third kappa shape index (κ3) is 6.09. The quantitative estimate of drug-likeness (QED) is 0.127. The van der Waals surface area contributed by atoms with Crippen LogP contribution in [-0.2, 0) is 19.4 Å². The van der Waals surface area contributed by atoms with Gasteiger partial charge in [0.25, 0.3) is 11.6 Å². The molecule has 0 bridgehead atoms. The molecule has 1 amide bonds. The lowest BCUT2D eigenvalue weighted by Gasteiger charge is -2.12. The van der Waals surface area contributed by atoms with Crippen molar-refractivity contribution in [3.05, 3.63) is 102 Å². The highest BCUT2D eigenvalue weighted by atomic mass is 32.1. The van der Waals surface area contributed by atoms with Crippen molar-refractivity contribution < 1.29 is 28.5 Å². The summed E-state index contributed by atoms with van der Waals surface area (Å²) in [6, 6.07) is 11.6. The van der Waals surface area contributed by atoms with Crippen LogP contribution in [0.15, 0.2) is 64.2 Å². The Morgan fingerprint density at radius 2 is 1.88 bits per heavy atom. The van der Waals surface area contributed by atoms with E-state index < -0.39 is 21.2 Å². The first-order valence-electron chi connectivity index (χ1n) is 12.6. The van der Waals surface area contributed by atoms with Crippen LogP contribution < -0.4 is 14.8 Å². The Bertz CT molecular complexity index is 1640. The van der Waals surface area contributed by atoms with Gasteiger partial charge in [0, 0.05) is 17.2 Å². The molecule has 0 saturated heterocycles. The first-order valence-corrected chi connectivity index (χ1v) is 13.4. The maximum absolute atomic E-state index is 13.2. The number of benzene rings is 2. The number of hydrogen-bond acceptors (Lipinski definition) is 10. The zero-order valence-electron chi connectivity index (χ0n) is 21.8. The van der Waals surface area contributed by atoms with E-state index in [1.165, 1.54) is 24.5 Å². The number of fused-ring (bicyclic) bond motifs is 1. The third-order valence-corrected chi connectivity index (χ3v) is 7.67. The Morgan fingerprint density at radius 1 is 1.07 bits per heavy atom. The summed E-state index contributed by atoms with van der Waals surface area (Å²) in [5.41, 5.74) is 1.28. The molecule has 0 saturated carbocycles. The molecule has 0 fully saturated rings. The van der Waals surface area contributed by atoms with E-state index in [4.69, 9.17) is 13.9 Å². The molecule has 0 unspecified atom stereocenters. The summed E-state index contributed by atoms with van der Waals surface area (Å²) in [4.78, 5) is 40.1. The molecule has 210 valence electrons. The molecule has 0 atom stereocenters. The lowest BCUT2D eigenvalue weighted by atomic mass is 9.95. The predicted molar refractivity (Wildman–Crippen MR) is 151 cm³/mol. The molecule has 12 nitrogen and oxygen atoms in total. The fourth-order valence-corrected chi connectivity index (χ4v) is 5.72. The zero-order valence-corrected chi connectivity index (χ0v) is 22.6. The summed E-state index contributed by atoms with van der Waals surface area (Å²) >= 11 is 1.51. The van der Waals surface area contributed by atoms with Crippen LogP contribution in [0, 0.1) is 20.2 Å². The standard InChI is InChI=1S/C28H24N4O8S/c1-38-24-13-17(8-10-23(24)40-22-11-9-18(31(34)35)14-21(22)32(36)37)15-30-28-26(20-6-2-3-7-25(20)41-28)27(33)29-16-19-5-4-12-39-19/h4-5,8-15H,2-3,6-7,16H2,1H3,(H,29,33). The average molecular weight is 577 g/mol. The predicted octanol–water partition coefficient (Wildman–Crippen LogP) is 6.52. The minimum Gasteiger partial charge on any atom is -0.493 e. The third-order valence-electron chi connectivity index (χ3n) is 6.47. The largest absolute Gasteiger partial charge is 0.493 e. The van der Waals surface area contributed by atoms with Gasteiger partial charge < -0.3 is 19.2 Å². The van der Waals surface area contributed by atoms with Gasteiger partial charge >= 0.3 is 5.69 Å². The fourth-order valence-electron chi connectivity index (χ4n) is 4.49. The second-order valence-electron chi connectivity index (χ2n) is 9.09. The van der Waals surface area contributed by atoms with Gasteiger partial charge in [0.2, 0.25) is 5.75 Å². The van der Waals surface area contributed by atoms with Crippen molar-refractivity contribution in [2.75, 3.05) is 7.11 Å². The highest BCUT2D eigenvalue weighted by Crippen LogP contribution is 2.41. The normalized spacial score (nSPS) is 12.6. The van der Waals surface area contributed by atoms with E-state index in [9.17, 15) is 25.0 Å². The van der Waals surface area contributed by atoms with Gasteiger partial charge in [-0.3, -0.25) is 25.0 Å². The number of methoxy groups -OCH3 is 1. The number of non-ortho nitro benzene ring substituents is 1. The van der Waals surface area contributed by atoms with Crippen LogP contribution in [0.5, 0.6) is 17.2 Å². The molecular weight excluding hydrogens is 552 g/mol. The van der Waals surface area contributed by atoms with Crippen LogP contribution in [0.3, 0.4) is 0 Å². The second-order valence-corrected chi connectivity index (χ2v) is 10.2. The summed E-state index contributed by atoms with van der Waals surface area (Å²) in [7, 11) is 1.42. The Kier molecular flexibility index (Phi) is 8.06. The Balaban J connectivity index is 1.40. The van der Waals surface area contributed by atoms with E-state index >= 15 is 0 Å². The number of hydrogen-bond donors (Lipinski definition) is 1. The van der Waals surface area contributed by atoms with Crippen molar-refractivity contribution in [1.82, 2.24) is 5.32 Å². The highest BCUT2D eigenvalue weighted by molar-refractivity contribution is 7.16. The molecule has 0 aliphatic heterocycles. The van der Waals surface area contributed by atoms with Crippen molar-refractivity contribution >= 4 is 39.8 Å². The molecule has 2 aromatic heterocycles. The van der Waals surface area contributed by atoms with Crippen molar-refractivity contribution in [1.29, 1.82) is 0 Å². The van der Waals surface area contributed by atoms with Crippen LogP contribution in [0.4, 0.5) is 16.4 Å². The summed E-state index contributed by atoms with van der Waals surface area (Å²) in [5, 5.41) is 26.0. The summed E-state index contributed by atoms with van der Waals surface area (Å²) < 4.78 is 16.5. The molecule has 4 aromatic rings. The van der Waals surface area contributed by atoms with Gasteiger partial charge in [0.05, 0.1) is 41.4 Å². The number of amides is 1. The molecule has 41 heavy (non-hydrogen) atoms. The van der Waals surface area contributed by atoms with E-state index in [1.807, 2.05) is 0 Å². The number of rotatable bonds is 10. The van der Waals surface area contributed by atoms with Crippen molar-refractivity contribution in [3.63, 3.8) is 0 Å². The highest BCUT2D eigenvalue weighted by Gasteiger charge is 2.26. The second kappa shape index (κ2) is 12.0. The van der Waals surface area contributed by atoms with Gasteiger partial charge in [0.15, 0.2) is 11.5 Å². The van der Waals surface area contributed by atoms with Crippen molar-refractivity contribution in [2.24, 2.45) is 4.99 Å².